The average Bonchev–Trinajstić information content (AvgIpc) is 2.92. The molecule has 0 aliphatic carbocycles. The Morgan fingerprint density at radius 2 is 1.25 bits per heavy atom. The molecular weight excluding hydrogens is 236 g/mol. The number of rotatable bonds is 4. The smallest absolute Gasteiger partial charge is 0.00577 e. The van der Waals surface area contributed by atoms with Crippen LogP contribution in [0.3, 0.4) is 0 Å². The Hall–Kier alpha value is -0.680. The van der Waals surface area contributed by atoms with Gasteiger partial charge >= 0.3 is 0 Å². The Labute approximate surface area is 105 Å². The first kappa shape index (κ1) is 13.4. The first-order valence-electron chi connectivity index (χ1n) is 5.31. The van der Waals surface area contributed by atoms with E-state index in [1.807, 2.05) is 0 Å². The lowest BCUT2D eigenvalue weighted by Gasteiger charge is -1.86. The van der Waals surface area contributed by atoms with E-state index < -0.39 is 0 Å². The van der Waals surface area contributed by atoms with E-state index in [1.54, 1.807) is 22.7 Å². The third-order valence-electron chi connectivity index (χ3n) is 1.94. The summed E-state index contributed by atoms with van der Waals surface area (Å²) in [6.45, 7) is 1.53. The Bertz CT molecular complexity index is 305. The van der Waals surface area contributed by atoms with Crippen molar-refractivity contribution in [1.82, 2.24) is 0 Å². The van der Waals surface area contributed by atoms with E-state index >= 15 is 0 Å². The molecule has 4 N–H and O–H groups in total. The molecule has 0 aromatic carbocycles. The normalized spacial score (nSPS) is 9.62. The van der Waals surface area contributed by atoms with E-state index in [2.05, 4.69) is 35.0 Å². The van der Waals surface area contributed by atoms with Crippen LogP contribution in [0.4, 0.5) is 0 Å². The molecule has 0 atom stereocenters. The molecule has 0 radical (unpaired) electrons. The van der Waals surface area contributed by atoms with E-state index in [0.29, 0.717) is 0 Å². The molecule has 2 nitrogen and oxygen atoms in total. The summed E-state index contributed by atoms with van der Waals surface area (Å²) < 4.78 is 0. The third-order valence-corrected chi connectivity index (χ3v) is 3.81. The SMILES string of the molecule is NCCc1cccs1.NCCc1cccs1. The van der Waals surface area contributed by atoms with Crippen LogP contribution in [0.5, 0.6) is 0 Å². The minimum Gasteiger partial charge on any atom is -0.330 e. The molecule has 2 aromatic rings. The zero-order valence-corrected chi connectivity index (χ0v) is 10.9. The van der Waals surface area contributed by atoms with E-state index in [0.717, 1.165) is 25.9 Å². The second-order valence-corrected chi connectivity index (χ2v) is 5.30. The van der Waals surface area contributed by atoms with Crippen LogP contribution in [0.2, 0.25) is 0 Å². The highest BCUT2D eigenvalue weighted by Crippen LogP contribution is 2.07. The van der Waals surface area contributed by atoms with Crippen LogP contribution >= 0.6 is 22.7 Å². The van der Waals surface area contributed by atoms with Crippen molar-refractivity contribution in [3.63, 3.8) is 0 Å². The van der Waals surface area contributed by atoms with Crippen molar-refractivity contribution >= 4 is 22.7 Å². The minimum absolute atomic E-state index is 0.764. The first-order chi connectivity index (χ1) is 7.86. The van der Waals surface area contributed by atoms with Gasteiger partial charge in [0.05, 0.1) is 0 Å². The average molecular weight is 254 g/mol. The van der Waals surface area contributed by atoms with Gasteiger partial charge in [-0.2, -0.15) is 0 Å². The van der Waals surface area contributed by atoms with Crippen molar-refractivity contribution in [2.45, 2.75) is 12.8 Å². The van der Waals surface area contributed by atoms with Gasteiger partial charge in [0.1, 0.15) is 0 Å². The van der Waals surface area contributed by atoms with E-state index in [4.69, 9.17) is 11.5 Å². The van der Waals surface area contributed by atoms with E-state index in [9.17, 15) is 0 Å². The summed E-state index contributed by atoms with van der Waals surface area (Å²) in [4.78, 5) is 2.76. The topological polar surface area (TPSA) is 52.0 Å². The Morgan fingerprint density at radius 1 is 0.812 bits per heavy atom. The van der Waals surface area contributed by atoms with Crippen molar-refractivity contribution in [2.24, 2.45) is 11.5 Å². The fraction of sp³-hybridized carbons (Fsp3) is 0.333. The van der Waals surface area contributed by atoms with Crippen molar-refractivity contribution < 1.29 is 0 Å². The van der Waals surface area contributed by atoms with Gasteiger partial charge in [-0.15, -0.1) is 22.7 Å². The second kappa shape index (κ2) is 8.47. The summed E-state index contributed by atoms with van der Waals surface area (Å²) in [6, 6.07) is 8.32. The van der Waals surface area contributed by atoms with Gasteiger partial charge in [0.2, 0.25) is 0 Å². The molecule has 2 aromatic heterocycles. The number of hydrogen-bond acceptors (Lipinski definition) is 4. The fourth-order valence-corrected chi connectivity index (χ4v) is 2.64. The maximum absolute atomic E-state index is 5.33. The molecule has 0 saturated heterocycles. The molecule has 0 saturated carbocycles. The molecular formula is C12H18N2S2. The van der Waals surface area contributed by atoms with Crippen LogP contribution in [-0.2, 0) is 12.8 Å². The molecule has 0 amide bonds. The molecule has 0 bridgehead atoms. The molecule has 16 heavy (non-hydrogen) atoms. The molecule has 0 unspecified atom stereocenters. The molecule has 0 spiro atoms. The minimum atomic E-state index is 0.764. The first-order valence-corrected chi connectivity index (χ1v) is 7.07. The quantitative estimate of drug-likeness (QED) is 0.881. The van der Waals surface area contributed by atoms with Gasteiger partial charge in [-0.25, -0.2) is 0 Å². The van der Waals surface area contributed by atoms with Gasteiger partial charge < -0.3 is 11.5 Å². The van der Waals surface area contributed by atoms with Crippen LogP contribution in [0.15, 0.2) is 35.0 Å². The number of hydrogen-bond donors (Lipinski definition) is 2. The Morgan fingerprint density at radius 3 is 1.50 bits per heavy atom. The summed E-state index contributed by atoms with van der Waals surface area (Å²) in [5.41, 5.74) is 10.7. The largest absolute Gasteiger partial charge is 0.330 e. The van der Waals surface area contributed by atoms with Crippen LogP contribution in [0, 0.1) is 0 Å². The van der Waals surface area contributed by atoms with Crippen molar-refractivity contribution in [2.75, 3.05) is 13.1 Å². The van der Waals surface area contributed by atoms with Crippen LogP contribution in [0.25, 0.3) is 0 Å². The highest BCUT2D eigenvalue weighted by molar-refractivity contribution is 7.10. The van der Waals surface area contributed by atoms with Crippen molar-refractivity contribution in [3.05, 3.63) is 44.8 Å². The lowest BCUT2D eigenvalue weighted by Crippen LogP contribution is -2.00. The van der Waals surface area contributed by atoms with Gasteiger partial charge in [-0.05, 0) is 48.8 Å². The Balaban J connectivity index is 0.000000160. The van der Waals surface area contributed by atoms with Crippen LogP contribution in [0.1, 0.15) is 9.75 Å². The molecule has 0 fully saturated rings. The maximum Gasteiger partial charge on any atom is 0.00577 e. The maximum atomic E-state index is 5.33. The van der Waals surface area contributed by atoms with Gasteiger partial charge in [-0.1, -0.05) is 12.1 Å². The summed E-state index contributed by atoms with van der Waals surface area (Å²) in [7, 11) is 0. The standard InChI is InChI=1S/2C6H9NS/c2*7-4-3-6-2-1-5-8-6/h2*1-2,5H,3-4,7H2. The Kier molecular flexibility index (Phi) is 7.09. The molecule has 88 valence electrons. The second-order valence-electron chi connectivity index (χ2n) is 3.24. The summed E-state index contributed by atoms with van der Waals surface area (Å²) in [5.74, 6) is 0. The molecule has 0 aliphatic rings. The van der Waals surface area contributed by atoms with Gasteiger partial charge in [0, 0.05) is 9.75 Å². The fourth-order valence-electron chi connectivity index (χ4n) is 1.19. The molecule has 2 heterocycles. The highest BCUT2D eigenvalue weighted by atomic mass is 32.1. The van der Waals surface area contributed by atoms with Crippen LogP contribution in [-0.4, -0.2) is 13.1 Å². The van der Waals surface area contributed by atoms with Crippen molar-refractivity contribution in [1.29, 1.82) is 0 Å². The predicted octanol–water partition coefficient (Wildman–Crippen LogP) is 2.50. The van der Waals surface area contributed by atoms with Gasteiger partial charge in [-0.3, -0.25) is 0 Å². The van der Waals surface area contributed by atoms with Gasteiger partial charge in [0.25, 0.3) is 0 Å². The lowest BCUT2D eigenvalue weighted by molar-refractivity contribution is 0.989. The molecule has 0 aliphatic heterocycles. The van der Waals surface area contributed by atoms with Crippen LogP contribution < -0.4 is 11.5 Å². The predicted molar refractivity (Wildman–Crippen MR) is 74.2 cm³/mol. The summed E-state index contributed by atoms with van der Waals surface area (Å²) in [6.07, 6.45) is 2.05. The van der Waals surface area contributed by atoms with Crippen molar-refractivity contribution in [3.8, 4) is 0 Å². The highest BCUT2D eigenvalue weighted by Gasteiger charge is 1.87. The monoisotopic (exact) mass is 254 g/mol. The number of nitrogens with two attached hydrogens (primary N) is 2. The molecule has 2 rings (SSSR count). The number of thiophene rings is 2. The summed E-state index contributed by atoms with van der Waals surface area (Å²) >= 11 is 3.53. The van der Waals surface area contributed by atoms with Gasteiger partial charge in [0.15, 0.2) is 0 Å². The van der Waals surface area contributed by atoms with E-state index in [1.165, 1.54) is 9.75 Å². The zero-order valence-electron chi connectivity index (χ0n) is 9.26. The van der Waals surface area contributed by atoms with E-state index in [-0.39, 0.29) is 0 Å². The lowest BCUT2D eigenvalue weighted by atomic mass is 10.3. The molecule has 4 heteroatoms. The third kappa shape index (κ3) is 5.42. The zero-order chi connectivity index (χ0) is 11.6. The summed E-state index contributed by atoms with van der Waals surface area (Å²) in [5, 5.41) is 4.15.